The Morgan fingerprint density at radius 2 is 1.78 bits per heavy atom. The van der Waals surface area contributed by atoms with Crippen LogP contribution in [-0.2, 0) is 7.05 Å². The molecule has 0 aliphatic heterocycles. The van der Waals surface area contributed by atoms with Gasteiger partial charge in [0.2, 0.25) is 0 Å². The Bertz CT molecular complexity index is 333. The lowest BCUT2D eigenvalue weighted by Crippen LogP contribution is -2.05. The van der Waals surface area contributed by atoms with Gasteiger partial charge >= 0.3 is 0 Å². The lowest BCUT2D eigenvalue weighted by Gasteiger charge is -2.10. The van der Waals surface area contributed by atoms with Gasteiger partial charge in [0.25, 0.3) is 0 Å². The molecule has 0 fully saturated rings. The zero-order valence-corrected chi connectivity index (χ0v) is 12.2. The van der Waals surface area contributed by atoms with Gasteiger partial charge in [-0.1, -0.05) is 51.9 Å². The number of nitrogens with zero attached hydrogens (tertiary/aromatic N) is 2. The van der Waals surface area contributed by atoms with Crippen molar-refractivity contribution >= 4 is 0 Å². The lowest BCUT2D eigenvalue weighted by molar-refractivity contribution is 0.154. The molecule has 0 bridgehead atoms. The molecule has 1 N–H and O–H groups in total. The third kappa shape index (κ3) is 5.21. The Hall–Kier alpha value is -0.830. The number of unbranched alkanes of at least 4 members (excludes halogenated alkanes) is 6. The largest absolute Gasteiger partial charge is 0.387 e. The molecule has 0 saturated heterocycles. The molecule has 0 saturated carbocycles. The lowest BCUT2D eigenvalue weighted by atomic mass is 10.0. The van der Waals surface area contributed by atoms with Crippen LogP contribution in [0.4, 0.5) is 0 Å². The first-order valence-corrected chi connectivity index (χ1v) is 7.33. The maximum atomic E-state index is 10.1. The first kappa shape index (κ1) is 15.2. The van der Waals surface area contributed by atoms with E-state index in [1.165, 1.54) is 38.5 Å². The van der Waals surface area contributed by atoms with Gasteiger partial charge in [-0.2, -0.15) is 5.10 Å². The summed E-state index contributed by atoms with van der Waals surface area (Å²) in [4.78, 5) is 0. The summed E-state index contributed by atoms with van der Waals surface area (Å²) < 4.78 is 1.79. The van der Waals surface area contributed by atoms with Crippen LogP contribution < -0.4 is 0 Å². The van der Waals surface area contributed by atoms with E-state index in [4.69, 9.17) is 0 Å². The fourth-order valence-corrected chi connectivity index (χ4v) is 2.39. The van der Waals surface area contributed by atoms with Crippen molar-refractivity contribution in [3.05, 3.63) is 17.5 Å². The second kappa shape index (κ2) is 8.30. The molecule has 0 radical (unpaired) electrons. The Labute approximate surface area is 111 Å². The van der Waals surface area contributed by atoms with Crippen LogP contribution in [0.3, 0.4) is 0 Å². The van der Waals surface area contributed by atoms with Crippen LogP contribution in [0.5, 0.6) is 0 Å². The van der Waals surface area contributed by atoms with Crippen LogP contribution in [0, 0.1) is 6.92 Å². The molecule has 0 spiro atoms. The Kier molecular flexibility index (Phi) is 7.02. The molecule has 1 aromatic rings. The normalized spacial score (nSPS) is 12.9. The fraction of sp³-hybridized carbons (Fsp3) is 0.800. The fourth-order valence-electron chi connectivity index (χ4n) is 2.39. The highest BCUT2D eigenvalue weighted by atomic mass is 16.3. The summed E-state index contributed by atoms with van der Waals surface area (Å²) in [6.45, 7) is 4.20. The molecule has 3 heteroatoms. The summed E-state index contributed by atoms with van der Waals surface area (Å²) in [5.41, 5.74) is 1.92. The zero-order chi connectivity index (χ0) is 13.4. The Morgan fingerprint density at radius 3 is 2.33 bits per heavy atom. The van der Waals surface area contributed by atoms with Gasteiger partial charge in [-0.05, 0) is 19.4 Å². The summed E-state index contributed by atoms with van der Waals surface area (Å²) >= 11 is 0. The molecule has 18 heavy (non-hydrogen) atoms. The van der Waals surface area contributed by atoms with Crippen molar-refractivity contribution in [3.8, 4) is 0 Å². The monoisotopic (exact) mass is 252 g/mol. The van der Waals surface area contributed by atoms with Gasteiger partial charge in [-0.3, -0.25) is 4.68 Å². The maximum absolute atomic E-state index is 10.1. The highest BCUT2D eigenvalue weighted by Gasteiger charge is 2.12. The number of aryl methyl sites for hydroxylation is 2. The van der Waals surface area contributed by atoms with Crippen molar-refractivity contribution in [1.82, 2.24) is 9.78 Å². The van der Waals surface area contributed by atoms with E-state index in [-0.39, 0.29) is 6.10 Å². The predicted molar refractivity (Wildman–Crippen MR) is 75.5 cm³/mol. The van der Waals surface area contributed by atoms with Gasteiger partial charge in [-0.25, -0.2) is 0 Å². The Balaban J connectivity index is 2.14. The second-order valence-corrected chi connectivity index (χ2v) is 5.26. The number of rotatable bonds is 9. The summed E-state index contributed by atoms with van der Waals surface area (Å²) in [6.07, 6.45) is 9.51. The molecule has 3 nitrogen and oxygen atoms in total. The molecule has 0 aliphatic carbocycles. The minimum atomic E-state index is -0.355. The molecule has 1 unspecified atom stereocenters. The highest BCUT2D eigenvalue weighted by molar-refractivity contribution is 5.11. The summed E-state index contributed by atoms with van der Waals surface area (Å²) in [5.74, 6) is 0. The van der Waals surface area contributed by atoms with Crippen molar-refractivity contribution in [2.24, 2.45) is 7.05 Å². The van der Waals surface area contributed by atoms with Crippen molar-refractivity contribution in [3.63, 3.8) is 0 Å². The standard InChI is InChI=1S/C15H28N2O/c1-4-5-6-7-8-9-10-11-15(18)14-12-13(2)16-17(14)3/h12,15,18H,4-11H2,1-3H3. The SMILES string of the molecule is CCCCCCCCCC(O)c1cc(C)nn1C. The summed E-state index contributed by atoms with van der Waals surface area (Å²) in [7, 11) is 1.90. The molecule has 0 aromatic carbocycles. The van der Waals surface area contributed by atoms with Gasteiger partial charge in [0.1, 0.15) is 0 Å². The van der Waals surface area contributed by atoms with E-state index in [0.29, 0.717) is 0 Å². The smallest absolute Gasteiger partial charge is 0.0956 e. The van der Waals surface area contributed by atoms with Crippen LogP contribution in [0.2, 0.25) is 0 Å². The van der Waals surface area contributed by atoms with Crippen LogP contribution >= 0.6 is 0 Å². The van der Waals surface area contributed by atoms with Crippen molar-refractivity contribution < 1.29 is 5.11 Å². The van der Waals surface area contributed by atoms with Crippen molar-refractivity contribution in [1.29, 1.82) is 0 Å². The van der Waals surface area contributed by atoms with Gasteiger partial charge in [0.15, 0.2) is 0 Å². The van der Waals surface area contributed by atoms with E-state index < -0.39 is 0 Å². The van der Waals surface area contributed by atoms with E-state index in [0.717, 1.165) is 24.2 Å². The molecule has 1 rings (SSSR count). The average molecular weight is 252 g/mol. The average Bonchev–Trinajstić information content (AvgIpc) is 2.67. The third-order valence-corrected chi connectivity index (χ3v) is 3.46. The number of aliphatic hydroxyl groups excluding tert-OH is 1. The van der Waals surface area contributed by atoms with E-state index >= 15 is 0 Å². The maximum Gasteiger partial charge on any atom is 0.0956 e. The van der Waals surface area contributed by atoms with E-state index in [1.54, 1.807) is 4.68 Å². The first-order chi connectivity index (χ1) is 8.65. The molecule has 1 aromatic heterocycles. The minimum Gasteiger partial charge on any atom is -0.387 e. The van der Waals surface area contributed by atoms with E-state index in [2.05, 4.69) is 12.0 Å². The van der Waals surface area contributed by atoms with Gasteiger partial charge in [-0.15, -0.1) is 0 Å². The van der Waals surface area contributed by atoms with Crippen molar-refractivity contribution in [2.45, 2.75) is 71.3 Å². The van der Waals surface area contributed by atoms with Gasteiger partial charge in [0, 0.05) is 7.05 Å². The molecule has 104 valence electrons. The first-order valence-electron chi connectivity index (χ1n) is 7.33. The summed E-state index contributed by atoms with van der Waals surface area (Å²) in [5, 5.41) is 14.4. The topological polar surface area (TPSA) is 38.1 Å². The third-order valence-electron chi connectivity index (χ3n) is 3.46. The molecule has 1 atom stereocenters. The molecule has 1 heterocycles. The zero-order valence-electron chi connectivity index (χ0n) is 12.2. The molecule has 0 aliphatic rings. The summed E-state index contributed by atoms with van der Waals surface area (Å²) in [6, 6.07) is 1.98. The van der Waals surface area contributed by atoms with Crippen LogP contribution in [-0.4, -0.2) is 14.9 Å². The second-order valence-electron chi connectivity index (χ2n) is 5.26. The number of hydrogen-bond acceptors (Lipinski definition) is 2. The molecular weight excluding hydrogens is 224 g/mol. The minimum absolute atomic E-state index is 0.355. The Morgan fingerprint density at radius 1 is 1.17 bits per heavy atom. The van der Waals surface area contributed by atoms with E-state index in [9.17, 15) is 5.11 Å². The van der Waals surface area contributed by atoms with Crippen LogP contribution in [0.15, 0.2) is 6.07 Å². The van der Waals surface area contributed by atoms with E-state index in [1.807, 2.05) is 20.0 Å². The molecular formula is C15H28N2O. The number of aliphatic hydroxyl groups is 1. The number of hydrogen-bond donors (Lipinski definition) is 1. The molecule has 0 amide bonds. The van der Waals surface area contributed by atoms with Gasteiger partial charge < -0.3 is 5.11 Å². The predicted octanol–water partition coefficient (Wildman–Crippen LogP) is 3.90. The van der Waals surface area contributed by atoms with Crippen molar-refractivity contribution in [2.75, 3.05) is 0 Å². The van der Waals surface area contributed by atoms with Gasteiger partial charge in [0.05, 0.1) is 17.5 Å². The number of aromatic nitrogens is 2. The van der Waals surface area contributed by atoms with Crippen LogP contribution in [0.25, 0.3) is 0 Å². The highest BCUT2D eigenvalue weighted by Crippen LogP contribution is 2.20. The van der Waals surface area contributed by atoms with Crippen LogP contribution in [0.1, 0.15) is 75.8 Å². The quantitative estimate of drug-likeness (QED) is 0.677.